The number of benzene rings is 2. The van der Waals surface area contributed by atoms with Crippen molar-refractivity contribution in [1.82, 2.24) is 4.90 Å². The fourth-order valence-corrected chi connectivity index (χ4v) is 3.29. The number of rotatable bonds is 7. The number of likely N-dealkylation sites (N-methyl/N-ethyl adjacent to an activating group) is 1. The zero-order chi connectivity index (χ0) is 19.3. The number of anilines is 1. The summed E-state index contributed by atoms with van der Waals surface area (Å²) in [6, 6.07) is 14.7. The molecule has 0 bridgehead atoms. The lowest BCUT2D eigenvalue weighted by atomic mass is 10.0. The molecule has 0 atom stereocenters. The summed E-state index contributed by atoms with van der Waals surface area (Å²) in [7, 11) is -1.42. The van der Waals surface area contributed by atoms with Gasteiger partial charge in [-0.05, 0) is 42.3 Å². The van der Waals surface area contributed by atoms with Gasteiger partial charge in [-0.1, -0.05) is 44.2 Å². The molecule has 2 rings (SSSR count). The van der Waals surface area contributed by atoms with Gasteiger partial charge in [-0.15, -0.1) is 0 Å². The van der Waals surface area contributed by atoms with Crippen molar-refractivity contribution in [3.8, 4) is 0 Å². The van der Waals surface area contributed by atoms with Crippen molar-refractivity contribution >= 4 is 21.4 Å². The van der Waals surface area contributed by atoms with Gasteiger partial charge >= 0.3 is 0 Å². The average molecular weight is 375 g/mol. The Labute approximate surface area is 156 Å². The fraction of sp³-hybridized carbons (Fsp3) is 0.350. The van der Waals surface area contributed by atoms with E-state index in [0.29, 0.717) is 18.2 Å². The van der Waals surface area contributed by atoms with E-state index < -0.39 is 9.84 Å². The van der Waals surface area contributed by atoms with Crippen LogP contribution >= 0.6 is 0 Å². The van der Waals surface area contributed by atoms with Gasteiger partial charge in [0.15, 0.2) is 9.84 Å². The molecule has 140 valence electrons. The van der Waals surface area contributed by atoms with Crippen LogP contribution in [0.3, 0.4) is 0 Å². The van der Waals surface area contributed by atoms with Crippen molar-refractivity contribution < 1.29 is 13.2 Å². The maximum Gasteiger partial charge on any atom is 0.238 e. The third kappa shape index (κ3) is 5.97. The number of hydrogen-bond acceptors (Lipinski definition) is 4. The van der Waals surface area contributed by atoms with Gasteiger partial charge in [0.25, 0.3) is 0 Å². The van der Waals surface area contributed by atoms with Gasteiger partial charge in [0.2, 0.25) is 5.91 Å². The van der Waals surface area contributed by atoms with Crippen molar-refractivity contribution in [2.24, 2.45) is 0 Å². The molecule has 5 nitrogen and oxygen atoms in total. The molecule has 0 aromatic heterocycles. The zero-order valence-corrected chi connectivity index (χ0v) is 16.5. The van der Waals surface area contributed by atoms with E-state index in [2.05, 4.69) is 43.4 Å². The number of amides is 1. The Morgan fingerprint density at radius 1 is 1.12 bits per heavy atom. The van der Waals surface area contributed by atoms with Crippen LogP contribution in [0.4, 0.5) is 5.69 Å². The first-order valence-electron chi connectivity index (χ1n) is 8.52. The molecular formula is C20H26N2O3S. The minimum atomic E-state index is -3.30. The second kappa shape index (κ2) is 8.47. The molecule has 0 saturated carbocycles. The van der Waals surface area contributed by atoms with Crippen LogP contribution in [0, 0.1) is 0 Å². The number of carbonyl (C=O) groups excluding carboxylic acids is 1. The molecule has 26 heavy (non-hydrogen) atoms. The van der Waals surface area contributed by atoms with Crippen LogP contribution in [0.1, 0.15) is 30.9 Å². The maximum atomic E-state index is 12.2. The zero-order valence-electron chi connectivity index (χ0n) is 15.7. The van der Waals surface area contributed by atoms with Gasteiger partial charge in [-0.2, -0.15) is 0 Å². The molecule has 0 aliphatic carbocycles. The van der Waals surface area contributed by atoms with E-state index in [-0.39, 0.29) is 17.3 Å². The summed E-state index contributed by atoms with van der Waals surface area (Å²) in [5.74, 6) is 0.312. The Morgan fingerprint density at radius 3 is 2.35 bits per heavy atom. The Balaban J connectivity index is 1.93. The highest BCUT2D eigenvalue weighted by atomic mass is 32.2. The monoisotopic (exact) mass is 374 g/mol. The third-order valence-corrected chi connectivity index (χ3v) is 5.17. The van der Waals surface area contributed by atoms with E-state index in [4.69, 9.17) is 0 Å². The molecule has 0 aliphatic rings. The molecule has 6 heteroatoms. The summed E-state index contributed by atoms with van der Waals surface area (Å²) in [6.07, 6.45) is 1.15. The molecular weight excluding hydrogens is 348 g/mol. The molecule has 0 saturated heterocycles. The Kier molecular flexibility index (Phi) is 6.56. The molecule has 1 N–H and O–H groups in total. The van der Waals surface area contributed by atoms with Crippen molar-refractivity contribution in [3.05, 3.63) is 59.7 Å². The van der Waals surface area contributed by atoms with Gasteiger partial charge in [0, 0.05) is 18.5 Å². The predicted octanol–water partition coefficient (Wildman–Crippen LogP) is 3.28. The van der Waals surface area contributed by atoms with Crippen LogP contribution in [0.5, 0.6) is 0 Å². The van der Waals surface area contributed by atoms with E-state index in [1.807, 2.05) is 11.9 Å². The lowest BCUT2D eigenvalue weighted by Gasteiger charge is -2.17. The van der Waals surface area contributed by atoms with Crippen LogP contribution in [0.15, 0.2) is 53.4 Å². The number of hydrogen-bond donors (Lipinski definition) is 1. The Bertz CT molecular complexity index is 859. The molecule has 2 aromatic rings. The van der Waals surface area contributed by atoms with Gasteiger partial charge < -0.3 is 5.32 Å². The molecule has 0 heterocycles. The van der Waals surface area contributed by atoms with Gasteiger partial charge in [-0.25, -0.2) is 8.42 Å². The highest BCUT2D eigenvalue weighted by molar-refractivity contribution is 7.90. The summed E-state index contributed by atoms with van der Waals surface area (Å²) in [5.41, 5.74) is 2.91. The van der Waals surface area contributed by atoms with Crippen molar-refractivity contribution in [3.63, 3.8) is 0 Å². The molecule has 0 fully saturated rings. The summed E-state index contributed by atoms with van der Waals surface area (Å²) < 4.78 is 23.2. The average Bonchev–Trinajstić information content (AvgIpc) is 2.54. The second-order valence-electron chi connectivity index (χ2n) is 6.92. The van der Waals surface area contributed by atoms with E-state index >= 15 is 0 Å². The van der Waals surface area contributed by atoms with Gasteiger partial charge in [0.05, 0.1) is 11.4 Å². The summed E-state index contributed by atoms with van der Waals surface area (Å²) in [4.78, 5) is 14.3. The van der Waals surface area contributed by atoms with Crippen LogP contribution in [0.25, 0.3) is 0 Å². The number of nitrogens with zero attached hydrogens (tertiary/aromatic N) is 1. The third-order valence-electron chi connectivity index (χ3n) is 4.06. The molecule has 0 unspecified atom stereocenters. The Morgan fingerprint density at radius 2 is 1.77 bits per heavy atom. The second-order valence-corrected chi connectivity index (χ2v) is 8.93. The van der Waals surface area contributed by atoms with E-state index in [0.717, 1.165) is 11.8 Å². The van der Waals surface area contributed by atoms with E-state index in [1.54, 1.807) is 12.1 Å². The number of carbonyl (C=O) groups is 1. The first kappa shape index (κ1) is 20.1. The van der Waals surface area contributed by atoms with Gasteiger partial charge in [0.1, 0.15) is 0 Å². The summed E-state index contributed by atoms with van der Waals surface area (Å²) >= 11 is 0. The predicted molar refractivity (Wildman–Crippen MR) is 105 cm³/mol. The fourth-order valence-electron chi connectivity index (χ4n) is 2.63. The van der Waals surface area contributed by atoms with Crippen LogP contribution in [-0.4, -0.2) is 39.1 Å². The van der Waals surface area contributed by atoms with Crippen LogP contribution in [-0.2, 0) is 21.2 Å². The number of sulfone groups is 1. The highest BCUT2D eigenvalue weighted by Crippen LogP contribution is 2.16. The number of nitrogens with one attached hydrogen (secondary N) is 1. The minimum Gasteiger partial charge on any atom is -0.325 e. The topological polar surface area (TPSA) is 66.5 Å². The van der Waals surface area contributed by atoms with Crippen molar-refractivity contribution in [2.75, 3.05) is 25.2 Å². The lowest BCUT2D eigenvalue weighted by Crippen LogP contribution is -2.29. The normalized spacial score (nSPS) is 11.8. The highest BCUT2D eigenvalue weighted by Gasteiger charge is 2.11. The quantitative estimate of drug-likeness (QED) is 0.808. The van der Waals surface area contributed by atoms with Crippen LogP contribution in [0.2, 0.25) is 0 Å². The van der Waals surface area contributed by atoms with E-state index in [9.17, 15) is 13.2 Å². The van der Waals surface area contributed by atoms with Gasteiger partial charge in [-0.3, -0.25) is 9.69 Å². The summed E-state index contributed by atoms with van der Waals surface area (Å²) in [5, 5.41) is 2.75. The lowest BCUT2D eigenvalue weighted by molar-refractivity contribution is -0.117. The first-order valence-corrected chi connectivity index (χ1v) is 10.4. The molecule has 0 spiro atoms. The standard InChI is InChI=1S/C20H26N2O3S/c1-15(2)17-10-8-16(9-11-17)13-22(3)14-20(23)21-18-6-5-7-19(12-18)26(4,24)25/h5-12,15H,13-14H2,1-4H3,(H,21,23). The molecule has 2 aromatic carbocycles. The smallest absolute Gasteiger partial charge is 0.238 e. The van der Waals surface area contributed by atoms with Crippen molar-refractivity contribution in [1.29, 1.82) is 0 Å². The molecule has 1 amide bonds. The Hall–Kier alpha value is -2.18. The van der Waals surface area contributed by atoms with E-state index in [1.165, 1.54) is 17.7 Å². The SMILES string of the molecule is CC(C)c1ccc(CN(C)CC(=O)Nc2cccc(S(C)(=O)=O)c2)cc1. The molecule has 0 aliphatic heterocycles. The van der Waals surface area contributed by atoms with Crippen molar-refractivity contribution in [2.45, 2.75) is 31.2 Å². The first-order chi connectivity index (χ1) is 12.1. The van der Waals surface area contributed by atoms with Crippen LogP contribution < -0.4 is 5.32 Å². The minimum absolute atomic E-state index is 0.183. The molecule has 0 radical (unpaired) electrons. The largest absolute Gasteiger partial charge is 0.325 e. The maximum absolute atomic E-state index is 12.2. The summed E-state index contributed by atoms with van der Waals surface area (Å²) in [6.45, 7) is 5.19.